The third-order valence-corrected chi connectivity index (χ3v) is 5.59. The Bertz CT molecular complexity index is 955. The van der Waals surface area contributed by atoms with Crippen molar-refractivity contribution in [3.8, 4) is 0 Å². The Morgan fingerprint density at radius 2 is 1.97 bits per heavy atom. The molecule has 0 fully saturated rings. The highest BCUT2D eigenvalue weighted by Crippen LogP contribution is 2.33. The molecule has 4 rings (SSSR count). The van der Waals surface area contributed by atoms with Crippen LogP contribution in [0.2, 0.25) is 0 Å². The first-order valence-corrected chi connectivity index (χ1v) is 10.5. The number of amides is 1. The van der Waals surface area contributed by atoms with Crippen LogP contribution in [0, 0.1) is 6.92 Å². The number of nitrogens with one attached hydrogen (secondary N) is 1. The molecular formula is C24H29N3O2. The number of carbonyl (C=O) groups excluding carboxylic acids is 1. The Hall–Kier alpha value is -2.79. The normalized spacial score (nSPS) is 16.6. The maximum absolute atomic E-state index is 12.2. The fraction of sp³-hybridized carbons (Fsp3) is 0.375. The van der Waals surface area contributed by atoms with Gasteiger partial charge in [0.1, 0.15) is 5.76 Å². The fourth-order valence-corrected chi connectivity index (χ4v) is 3.98. The first-order chi connectivity index (χ1) is 14.2. The molecule has 5 heteroatoms. The predicted molar refractivity (Wildman–Crippen MR) is 114 cm³/mol. The van der Waals surface area contributed by atoms with Crippen LogP contribution in [-0.4, -0.2) is 28.5 Å². The van der Waals surface area contributed by atoms with Crippen molar-refractivity contribution in [2.45, 2.75) is 45.8 Å². The topological polar surface area (TPSA) is 50.4 Å². The van der Waals surface area contributed by atoms with Gasteiger partial charge < -0.3 is 14.3 Å². The van der Waals surface area contributed by atoms with E-state index in [9.17, 15) is 4.79 Å². The Morgan fingerprint density at radius 1 is 1.14 bits per heavy atom. The highest BCUT2D eigenvalue weighted by molar-refractivity contribution is 5.91. The average Bonchev–Trinajstić information content (AvgIpc) is 3.38. The van der Waals surface area contributed by atoms with Crippen molar-refractivity contribution in [3.63, 3.8) is 0 Å². The van der Waals surface area contributed by atoms with Crippen LogP contribution in [-0.2, 0) is 13.1 Å². The Kier molecular flexibility index (Phi) is 5.86. The molecule has 1 unspecified atom stereocenters. The van der Waals surface area contributed by atoms with E-state index in [1.807, 2.05) is 6.07 Å². The van der Waals surface area contributed by atoms with Crippen LogP contribution in [0.5, 0.6) is 0 Å². The lowest BCUT2D eigenvalue weighted by Crippen LogP contribution is -2.37. The number of hydrogen-bond donors (Lipinski definition) is 1. The Labute approximate surface area is 172 Å². The molecule has 152 valence electrons. The van der Waals surface area contributed by atoms with Gasteiger partial charge in [0.25, 0.3) is 5.91 Å². The number of rotatable bonds is 7. The molecule has 5 nitrogen and oxygen atoms in total. The summed E-state index contributed by atoms with van der Waals surface area (Å²) in [4.78, 5) is 14.7. The average molecular weight is 392 g/mol. The van der Waals surface area contributed by atoms with E-state index in [1.54, 1.807) is 6.07 Å². The zero-order chi connectivity index (χ0) is 20.2. The van der Waals surface area contributed by atoms with Crippen LogP contribution in [0.1, 0.15) is 58.9 Å². The van der Waals surface area contributed by atoms with E-state index in [0.29, 0.717) is 18.8 Å². The lowest BCUT2D eigenvalue weighted by atomic mass is 9.99. The van der Waals surface area contributed by atoms with Gasteiger partial charge in [-0.2, -0.15) is 0 Å². The van der Waals surface area contributed by atoms with Gasteiger partial charge in [-0.15, -0.1) is 0 Å². The summed E-state index contributed by atoms with van der Waals surface area (Å²) in [5.74, 6) is 1.08. The minimum Gasteiger partial charge on any atom is -0.455 e. The monoisotopic (exact) mass is 391 g/mol. The quantitative estimate of drug-likeness (QED) is 0.602. The van der Waals surface area contributed by atoms with Gasteiger partial charge in [0.05, 0.1) is 12.6 Å². The van der Waals surface area contributed by atoms with Gasteiger partial charge in [0, 0.05) is 31.5 Å². The third kappa shape index (κ3) is 4.30. The number of unbranched alkanes of at least 4 members (excludes halogenated alkanes) is 1. The molecule has 29 heavy (non-hydrogen) atoms. The molecule has 1 N–H and O–H groups in total. The molecule has 0 radical (unpaired) electrons. The van der Waals surface area contributed by atoms with Crippen molar-refractivity contribution < 1.29 is 9.21 Å². The summed E-state index contributed by atoms with van der Waals surface area (Å²) in [5, 5.41) is 2.92. The van der Waals surface area contributed by atoms with Crippen LogP contribution in [0.25, 0.3) is 0 Å². The molecule has 1 amide bonds. The third-order valence-electron chi connectivity index (χ3n) is 5.59. The molecule has 0 aliphatic carbocycles. The number of hydrogen-bond acceptors (Lipinski definition) is 3. The van der Waals surface area contributed by atoms with Crippen LogP contribution >= 0.6 is 0 Å². The summed E-state index contributed by atoms with van der Waals surface area (Å²) in [6.07, 6.45) is 4.19. The van der Waals surface area contributed by atoms with Crippen LogP contribution in [0.4, 0.5) is 0 Å². The number of carbonyl (C=O) groups is 1. The summed E-state index contributed by atoms with van der Waals surface area (Å²) >= 11 is 0. The molecule has 2 aromatic heterocycles. The fourth-order valence-electron chi connectivity index (χ4n) is 3.98. The molecule has 0 saturated carbocycles. The number of nitrogens with zero attached hydrogens (tertiary/aromatic N) is 2. The van der Waals surface area contributed by atoms with E-state index in [1.165, 1.54) is 16.8 Å². The van der Waals surface area contributed by atoms with Crippen molar-refractivity contribution in [3.05, 3.63) is 83.1 Å². The Balaban J connectivity index is 1.53. The highest BCUT2D eigenvalue weighted by atomic mass is 16.4. The number of benzene rings is 1. The standard InChI is InChI=1S/C24H29N3O2/c1-3-4-13-25-24(28)22-12-11-20(29-22)17-27-16-15-26-14-5-6-21(26)23(27)19-9-7-18(2)8-10-19/h5-12,14,23H,3-4,13,15-17H2,1-2H3,(H,25,28). The molecule has 0 saturated heterocycles. The van der Waals surface area contributed by atoms with Gasteiger partial charge in [-0.1, -0.05) is 43.2 Å². The van der Waals surface area contributed by atoms with Crippen molar-refractivity contribution in [2.75, 3.05) is 13.1 Å². The predicted octanol–water partition coefficient (Wildman–Crippen LogP) is 4.52. The van der Waals surface area contributed by atoms with E-state index in [0.717, 1.165) is 31.7 Å². The molecule has 1 aliphatic heterocycles. The van der Waals surface area contributed by atoms with E-state index in [-0.39, 0.29) is 11.9 Å². The second-order valence-corrected chi connectivity index (χ2v) is 7.79. The van der Waals surface area contributed by atoms with E-state index in [4.69, 9.17) is 4.42 Å². The number of fused-ring (bicyclic) bond motifs is 1. The molecule has 0 spiro atoms. The van der Waals surface area contributed by atoms with E-state index in [2.05, 4.69) is 71.2 Å². The highest BCUT2D eigenvalue weighted by Gasteiger charge is 2.29. The number of furan rings is 1. The zero-order valence-corrected chi connectivity index (χ0v) is 17.2. The second kappa shape index (κ2) is 8.70. The van der Waals surface area contributed by atoms with Gasteiger partial charge in [-0.05, 0) is 43.2 Å². The van der Waals surface area contributed by atoms with Crippen molar-refractivity contribution >= 4 is 5.91 Å². The smallest absolute Gasteiger partial charge is 0.286 e. The summed E-state index contributed by atoms with van der Waals surface area (Å²) in [6.45, 7) is 7.46. The second-order valence-electron chi connectivity index (χ2n) is 7.79. The minimum atomic E-state index is -0.132. The molecule has 1 atom stereocenters. The molecule has 0 bridgehead atoms. The van der Waals surface area contributed by atoms with Gasteiger partial charge >= 0.3 is 0 Å². The van der Waals surface area contributed by atoms with E-state index < -0.39 is 0 Å². The van der Waals surface area contributed by atoms with Crippen LogP contribution in [0.15, 0.2) is 59.1 Å². The van der Waals surface area contributed by atoms with Gasteiger partial charge in [0.2, 0.25) is 0 Å². The molecule has 3 aromatic rings. The maximum atomic E-state index is 12.2. The van der Waals surface area contributed by atoms with Gasteiger partial charge in [-0.3, -0.25) is 9.69 Å². The minimum absolute atomic E-state index is 0.132. The Morgan fingerprint density at radius 3 is 2.76 bits per heavy atom. The molecule has 1 aliphatic rings. The van der Waals surface area contributed by atoms with E-state index >= 15 is 0 Å². The maximum Gasteiger partial charge on any atom is 0.286 e. The summed E-state index contributed by atoms with van der Waals surface area (Å²) in [5.41, 5.74) is 3.83. The molecule has 1 aromatic carbocycles. The lowest BCUT2D eigenvalue weighted by Gasteiger charge is -2.37. The summed E-state index contributed by atoms with van der Waals surface area (Å²) in [7, 11) is 0. The van der Waals surface area contributed by atoms with Crippen molar-refractivity contribution in [2.24, 2.45) is 0 Å². The van der Waals surface area contributed by atoms with Crippen molar-refractivity contribution in [1.29, 1.82) is 0 Å². The van der Waals surface area contributed by atoms with Gasteiger partial charge in [0.15, 0.2) is 5.76 Å². The zero-order valence-electron chi connectivity index (χ0n) is 17.2. The largest absolute Gasteiger partial charge is 0.455 e. The van der Waals surface area contributed by atoms with Gasteiger partial charge in [-0.25, -0.2) is 0 Å². The first-order valence-electron chi connectivity index (χ1n) is 10.5. The number of aromatic nitrogens is 1. The summed E-state index contributed by atoms with van der Waals surface area (Å²) in [6, 6.07) is 17.0. The SMILES string of the molecule is CCCCNC(=O)c1ccc(CN2CCn3cccc3C2c2ccc(C)cc2)o1. The number of aryl methyl sites for hydroxylation is 1. The summed E-state index contributed by atoms with van der Waals surface area (Å²) < 4.78 is 8.22. The first kappa shape index (κ1) is 19.5. The molecular weight excluding hydrogens is 362 g/mol. The van der Waals surface area contributed by atoms with Crippen LogP contribution < -0.4 is 5.32 Å². The van der Waals surface area contributed by atoms with Crippen LogP contribution in [0.3, 0.4) is 0 Å². The van der Waals surface area contributed by atoms with Crippen molar-refractivity contribution in [1.82, 2.24) is 14.8 Å². The lowest BCUT2D eigenvalue weighted by molar-refractivity contribution is 0.0919. The molecule has 3 heterocycles.